The Balaban J connectivity index is 1.39. The van der Waals surface area contributed by atoms with Crippen LogP contribution in [0.5, 0.6) is 0 Å². The Hall–Kier alpha value is -3.90. The van der Waals surface area contributed by atoms with Crippen LogP contribution in [0.3, 0.4) is 0 Å². The Labute approximate surface area is 168 Å². The van der Waals surface area contributed by atoms with Crippen LogP contribution in [0.15, 0.2) is 74.4 Å². The minimum absolute atomic E-state index is 0.132. The van der Waals surface area contributed by atoms with Gasteiger partial charge in [0, 0.05) is 0 Å². The molecular weight excluding hydrogens is 393 g/mol. The number of aromatic amines is 1. The molecule has 0 saturated carbocycles. The number of hydrogen-bond acceptors (Lipinski definition) is 6. The Morgan fingerprint density at radius 1 is 1.28 bits per heavy atom. The van der Waals surface area contributed by atoms with Gasteiger partial charge in [-0.25, -0.2) is 14.8 Å². The number of aromatic nitrogens is 2. The number of hydrogen-bond donors (Lipinski definition) is 2. The fourth-order valence-corrected chi connectivity index (χ4v) is 3.28. The fraction of sp³-hybridized carbons (Fsp3) is 0. The number of hydrazone groups is 1. The van der Waals surface area contributed by atoms with Crippen molar-refractivity contribution in [3.8, 4) is 6.07 Å². The van der Waals surface area contributed by atoms with Gasteiger partial charge in [0.1, 0.15) is 11.6 Å². The third kappa shape index (κ3) is 4.17. The van der Waals surface area contributed by atoms with E-state index in [-0.39, 0.29) is 11.1 Å². The van der Waals surface area contributed by atoms with Crippen molar-refractivity contribution < 1.29 is 13.6 Å². The average Bonchev–Trinajstić information content (AvgIpc) is 3.34. The summed E-state index contributed by atoms with van der Waals surface area (Å²) >= 11 is 1.32. The van der Waals surface area contributed by atoms with Gasteiger partial charge < -0.3 is 9.40 Å². The summed E-state index contributed by atoms with van der Waals surface area (Å²) in [5, 5.41) is 13.8. The van der Waals surface area contributed by atoms with Gasteiger partial charge in [-0.15, -0.1) is 0 Å². The Kier molecular flexibility index (Phi) is 5.09. The van der Waals surface area contributed by atoms with Gasteiger partial charge in [-0.1, -0.05) is 12.1 Å². The number of carbonyl (C=O) groups is 1. The summed E-state index contributed by atoms with van der Waals surface area (Å²) in [4.78, 5) is 19.6. The Bertz CT molecular complexity index is 1240. The fourth-order valence-electron chi connectivity index (χ4n) is 2.52. The zero-order valence-corrected chi connectivity index (χ0v) is 15.5. The van der Waals surface area contributed by atoms with Crippen molar-refractivity contribution in [3.63, 3.8) is 0 Å². The molecular formula is C20H12FN5O2S. The molecule has 1 amide bonds. The summed E-state index contributed by atoms with van der Waals surface area (Å²) in [6.07, 6.45) is 1.31. The molecule has 2 heterocycles. The lowest BCUT2D eigenvalue weighted by atomic mass is 10.1. The molecule has 29 heavy (non-hydrogen) atoms. The highest BCUT2D eigenvalue weighted by atomic mass is 32.2. The van der Waals surface area contributed by atoms with Crippen molar-refractivity contribution in [2.24, 2.45) is 5.10 Å². The van der Waals surface area contributed by atoms with E-state index in [0.29, 0.717) is 16.0 Å². The number of halogens is 1. The molecule has 7 nitrogen and oxygen atoms in total. The Morgan fingerprint density at radius 3 is 2.93 bits per heavy atom. The van der Waals surface area contributed by atoms with E-state index in [1.54, 1.807) is 18.2 Å². The molecule has 142 valence electrons. The van der Waals surface area contributed by atoms with Crippen molar-refractivity contribution in [1.82, 2.24) is 15.4 Å². The number of nitrogens with zero attached hydrogens (tertiary/aromatic N) is 3. The maximum Gasteiger partial charge on any atom is 0.274 e. The first-order valence-corrected chi connectivity index (χ1v) is 9.19. The predicted molar refractivity (Wildman–Crippen MR) is 105 cm³/mol. The molecule has 0 unspecified atom stereocenters. The number of para-hydroxylation sites is 2. The van der Waals surface area contributed by atoms with Crippen LogP contribution < -0.4 is 5.43 Å². The number of nitriles is 1. The monoisotopic (exact) mass is 405 g/mol. The summed E-state index contributed by atoms with van der Waals surface area (Å²) in [7, 11) is 0. The molecule has 0 spiro atoms. The van der Waals surface area contributed by atoms with Crippen molar-refractivity contribution in [1.29, 1.82) is 5.26 Å². The van der Waals surface area contributed by atoms with Crippen LogP contribution in [0.4, 0.5) is 4.39 Å². The molecule has 2 aromatic carbocycles. The van der Waals surface area contributed by atoms with Gasteiger partial charge in [0.25, 0.3) is 5.91 Å². The summed E-state index contributed by atoms with van der Waals surface area (Å²) in [5.74, 6) is -1.12. The second-order valence-corrected chi connectivity index (χ2v) is 6.82. The first kappa shape index (κ1) is 18.5. The minimum atomic E-state index is -0.792. The number of H-pyrrole nitrogens is 1. The van der Waals surface area contributed by atoms with Crippen molar-refractivity contribution in [2.75, 3.05) is 0 Å². The van der Waals surface area contributed by atoms with Gasteiger partial charge in [0.15, 0.2) is 10.2 Å². The highest BCUT2D eigenvalue weighted by Gasteiger charge is 2.12. The molecule has 0 fully saturated rings. The lowest BCUT2D eigenvalue weighted by Crippen LogP contribution is -2.19. The van der Waals surface area contributed by atoms with E-state index in [9.17, 15) is 9.18 Å². The van der Waals surface area contributed by atoms with Crippen LogP contribution in [-0.4, -0.2) is 22.1 Å². The van der Waals surface area contributed by atoms with E-state index < -0.39 is 11.7 Å². The van der Waals surface area contributed by atoms with E-state index >= 15 is 0 Å². The number of nitrogens with one attached hydrogen (secondary N) is 2. The predicted octanol–water partition coefficient (Wildman–Crippen LogP) is 4.08. The standard InChI is InChI=1S/C20H12FN5O2S/c21-15-9-12(10-22)5-7-14(15)19(27)26-23-11-13-6-8-18(28-13)29-20-24-16-3-1-2-4-17(16)25-20/h1-9,11H,(H,24,25)(H,26,27). The van der Waals surface area contributed by atoms with Crippen molar-refractivity contribution in [2.45, 2.75) is 10.2 Å². The topological polar surface area (TPSA) is 107 Å². The largest absolute Gasteiger partial charge is 0.448 e. The smallest absolute Gasteiger partial charge is 0.274 e. The SMILES string of the molecule is N#Cc1ccc(C(=O)NN=Cc2ccc(Sc3nc4ccccc4[nH]3)o2)c(F)c1. The minimum Gasteiger partial charge on any atom is -0.448 e. The van der Waals surface area contributed by atoms with Crippen LogP contribution in [0, 0.1) is 17.1 Å². The van der Waals surface area contributed by atoms with Gasteiger partial charge in [-0.3, -0.25) is 4.79 Å². The van der Waals surface area contributed by atoms with Gasteiger partial charge in [-0.05, 0) is 54.2 Å². The number of fused-ring (bicyclic) bond motifs is 1. The number of imidazole rings is 1. The normalized spacial score (nSPS) is 11.0. The lowest BCUT2D eigenvalue weighted by Gasteiger charge is -2.01. The second kappa shape index (κ2) is 8.00. The molecule has 0 atom stereocenters. The second-order valence-electron chi connectivity index (χ2n) is 5.82. The van der Waals surface area contributed by atoms with Gasteiger partial charge >= 0.3 is 0 Å². The number of rotatable bonds is 5. The maximum atomic E-state index is 13.8. The van der Waals surface area contributed by atoms with E-state index in [0.717, 1.165) is 17.1 Å². The first-order chi connectivity index (χ1) is 14.1. The van der Waals surface area contributed by atoms with Crippen LogP contribution in [0.25, 0.3) is 11.0 Å². The number of carbonyl (C=O) groups excluding carboxylic acids is 1. The zero-order chi connectivity index (χ0) is 20.2. The molecule has 0 aliphatic carbocycles. The third-order valence-electron chi connectivity index (χ3n) is 3.87. The highest BCUT2D eigenvalue weighted by molar-refractivity contribution is 7.99. The number of benzene rings is 2. The quantitative estimate of drug-likeness (QED) is 0.384. The summed E-state index contributed by atoms with van der Waals surface area (Å²) in [6, 6.07) is 16.5. The van der Waals surface area contributed by atoms with Crippen LogP contribution in [0.2, 0.25) is 0 Å². The molecule has 9 heteroatoms. The molecule has 4 rings (SSSR count). The third-order valence-corrected chi connectivity index (χ3v) is 4.68. The molecule has 0 aliphatic rings. The Morgan fingerprint density at radius 2 is 2.14 bits per heavy atom. The van der Waals surface area contributed by atoms with E-state index in [2.05, 4.69) is 20.5 Å². The number of amides is 1. The molecule has 0 aliphatic heterocycles. The van der Waals surface area contributed by atoms with Crippen LogP contribution in [-0.2, 0) is 0 Å². The highest BCUT2D eigenvalue weighted by Crippen LogP contribution is 2.28. The van der Waals surface area contributed by atoms with Crippen LogP contribution in [0.1, 0.15) is 21.7 Å². The maximum absolute atomic E-state index is 13.8. The summed E-state index contributed by atoms with van der Waals surface area (Å²) in [5.41, 5.74) is 3.94. The average molecular weight is 405 g/mol. The molecule has 2 aromatic heterocycles. The molecule has 0 radical (unpaired) electrons. The van der Waals surface area contributed by atoms with E-state index in [1.165, 1.54) is 30.1 Å². The first-order valence-electron chi connectivity index (χ1n) is 8.38. The van der Waals surface area contributed by atoms with Gasteiger partial charge in [0.05, 0.1) is 34.4 Å². The summed E-state index contributed by atoms with van der Waals surface area (Å²) in [6.45, 7) is 0. The molecule has 0 saturated heterocycles. The van der Waals surface area contributed by atoms with Gasteiger partial charge in [0.2, 0.25) is 0 Å². The van der Waals surface area contributed by atoms with E-state index in [4.69, 9.17) is 9.68 Å². The molecule has 4 aromatic rings. The molecule has 2 N–H and O–H groups in total. The van der Waals surface area contributed by atoms with E-state index in [1.807, 2.05) is 24.3 Å². The van der Waals surface area contributed by atoms with Crippen molar-refractivity contribution >= 4 is 34.9 Å². The van der Waals surface area contributed by atoms with Crippen LogP contribution >= 0.6 is 11.8 Å². The summed E-state index contributed by atoms with van der Waals surface area (Å²) < 4.78 is 19.4. The number of furan rings is 1. The van der Waals surface area contributed by atoms with Crippen molar-refractivity contribution in [3.05, 3.63) is 77.3 Å². The zero-order valence-electron chi connectivity index (χ0n) is 14.7. The van der Waals surface area contributed by atoms with Gasteiger partial charge in [-0.2, -0.15) is 10.4 Å². The lowest BCUT2D eigenvalue weighted by molar-refractivity contribution is 0.0951. The molecule has 0 bridgehead atoms.